The molecule has 1 aromatic rings. The van der Waals surface area contributed by atoms with Crippen LogP contribution in [0.2, 0.25) is 0 Å². The molecule has 3 aliphatic carbocycles. The molecule has 0 saturated heterocycles. The van der Waals surface area contributed by atoms with Gasteiger partial charge in [-0.2, -0.15) is 5.10 Å². The summed E-state index contributed by atoms with van der Waals surface area (Å²) in [6.45, 7) is 4.34. The van der Waals surface area contributed by atoms with E-state index in [4.69, 9.17) is 0 Å². The van der Waals surface area contributed by atoms with E-state index in [-0.39, 0.29) is 10.6 Å². The van der Waals surface area contributed by atoms with Gasteiger partial charge in [0.2, 0.25) is 5.82 Å². The molecule has 20 heavy (non-hydrogen) atoms. The number of anilines is 1. The van der Waals surface area contributed by atoms with Gasteiger partial charge in [0.1, 0.15) is 5.69 Å². The molecule has 1 N–H and O–H groups in total. The van der Waals surface area contributed by atoms with Gasteiger partial charge in [-0.05, 0) is 56.8 Å². The molecule has 108 valence electrons. The van der Waals surface area contributed by atoms with Gasteiger partial charge in [-0.25, -0.2) is 4.68 Å². The monoisotopic (exact) mass is 276 g/mol. The number of hydrogen-bond donors (Lipinski definition) is 1. The molecule has 3 fully saturated rings. The molecule has 1 aromatic heterocycles. The quantitative estimate of drug-likeness (QED) is 0.677. The SMILES string of the molecule is CCn1nc(C)c([N+](=O)[O-])c1NC1C2C3CCC(C3)C12. The highest BCUT2D eigenvalue weighted by Crippen LogP contribution is 2.66. The van der Waals surface area contributed by atoms with Crippen molar-refractivity contribution in [3.05, 3.63) is 15.8 Å². The van der Waals surface area contributed by atoms with Crippen LogP contribution in [0.3, 0.4) is 0 Å². The number of nitrogens with zero attached hydrogens (tertiary/aromatic N) is 3. The van der Waals surface area contributed by atoms with Gasteiger partial charge in [-0.1, -0.05) is 0 Å². The Bertz CT molecular complexity index is 566. The van der Waals surface area contributed by atoms with Gasteiger partial charge in [-0.3, -0.25) is 10.1 Å². The van der Waals surface area contributed by atoms with Crippen molar-refractivity contribution in [3.8, 4) is 0 Å². The molecule has 4 unspecified atom stereocenters. The third-order valence-electron chi connectivity index (χ3n) is 5.62. The molecule has 6 heteroatoms. The van der Waals surface area contributed by atoms with Gasteiger partial charge in [0.25, 0.3) is 0 Å². The molecule has 6 nitrogen and oxygen atoms in total. The zero-order valence-electron chi connectivity index (χ0n) is 11.9. The second-order valence-corrected chi connectivity index (χ2v) is 6.51. The summed E-state index contributed by atoms with van der Waals surface area (Å²) in [5.41, 5.74) is 0.664. The van der Waals surface area contributed by atoms with Crippen LogP contribution in [0.5, 0.6) is 0 Å². The molecular formula is C14H20N4O2. The van der Waals surface area contributed by atoms with E-state index in [2.05, 4.69) is 10.4 Å². The minimum Gasteiger partial charge on any atom is -0.361 e. The van der Waals surface area contributed by atoms with Crippen LogP contribution in [0.1, 0.15) is 31.9 Å². The first kappa shape index (κ1) is 12.2. The maximum absolute atomic E-state index is 11.3. The summed E-state index contributed by atoms with van der Waals surface area (Å²) >= 11 is 0. The Hall–Kier alpha value is -1.59. The van der Waals surface area contributed by atoms with Gasteiger partial charge >= 0.3 is 5.69 Å². The maximum atomic E-state index is 11.3. The lowest BCUT2D eigenvalue weighted by Gasteiger charge is -2.12. The molecule has 0 aliphatic heterocycles. The second kappa shape index (κ2) is 3.96. The predicted molar refractivity (Wildman–Crippen MR) is 74.5 cm³/mol. The number of nitrogens with one attached hydrogen (secondary N) is 1. The Morgan fingerprint density at radius 1 is 1.40 bits per heavy atom. The van der Waals surface area contributed by atoms with Gasteiger partial charge in [-0.15, -0.1) is 0 Å². The highest BCUT2D eigenvalue weighted by molar-refractivity contribution is 5.61. The Morgan fingerprint density at radius 3 is 2.60 bits per heavy atom. The van der Waals surface area contributed by atoms with Crippen molar-refractivity contribution < 1.29 is 4.92 Å². The van der Waals surface area contributed by atoms with Crippen LogP contribution in [-0.4, -0.2) is 20.7 Å². The molecule has 3 aliphatic rings. The summed E-state index contributed by atoms with van der Waals surface area (Å²) in [6.07, 6.45) is 4.11. The van der Waals surface area contributed by atoms with Gasteiger partial charge in [0.05, 0.1) is 4.92 Å². The molecule has 3 saturated carbocycles. The summed E-state index contributed by atoms with van der Waals surface area (Å²) in [6, 6.07) is 0.446. The zero-order chi connectivity index (χ0) is 14.0. The third-order valence-corrected chi connectivity index (χ3v) is 5.62. The fourth-order valence-electron chi connectivity index (χ4n) is 4.84. The Balaban J connectivity index is 1.62. The average Bonchev–Trinajstić information content (AvgIpc) is 2.77. The molecular weight excluding hydrogens is 256 g/mol. The Labute approximate surface area is 117 Å². The Kier molecular flexibility index (Phi) is 2.41. The van der Waals surface area contributed by atoms with Crippen molar-refractivity contribution in [2.45, 2.75) is 45.7 Å². The molecule has 4 rings (SSSR count). The molecule has 1 heterocycles. The van der Waals surface area contributed by atoms with Crippen molar-refractivity contribution in [2.75, 3.05) is 5.32 Å². The smallest absolute Gasteiger partial charge is 0.333 e. The number of fused-ring (bicyclic) bond motifs is 5. The van der Waals surface area contributed by atoms with E-state index >= 15 is 0 Å². The van der Waals surface area contributed by atoms with Crippen molar-refractivity contribution in [2.24, 2.45) is 23.7 Å². The fourth-order valence-corrected chi connectivity index (χ4v) is 4.84. The van der Waals surface area contributed by atoms with Crippen LogP contribution in [0, 0.1) is 40.7 Å². The maximum Gasteiger partial charge on any atom is 0.333 e. The zero-order valence-corrected chi connectivity index (χ0v) is 11.9. The first-order chi connectivity index (χ1) is 9.61. The minimum absolute atomic E-state index is 0.157. The topological polar surface area (TPSA) is 73.0 Å². The van der Waals surface area contributed by atoms with E-state index in [1.165, 1.54) is 19.3 Å². The molecule has 0 spiro atoms. The van der Waals surface area contributed by atoms with Crippen molar-refractivity contribution in [3.63, 3.8) is 0 Å². The minimum atomic E-state index is -0.302. The van der Waals surface area contributed by atoms with Crippen LogP contribution >= 0.6 is 0 Å². The predicted octanol–water partition coefficient (Wildman–Crippen LogP) is 2.58. The number of aromatic nitrogens is 2. The van der Waals surface area contributed by atoms with E-state index in [1.807, 2.05) is 6.92 Å². The van der Waals surface area contributed by atoms with Crippen molar-refractivity contribution >= 4 is 11.5 Å². The number of nitro groups is 1. The normalized spacial score (nSPS) is 37.0. The molecule has 0 amide bonds. The molecule has 2 bridgehead atoms. The van der Waals surface area contributed by atoms with Crippen LogP contribution in [0.4, 0.5) is 11.5 Å². The third kappa shape index (κ3) is 1.47. The van der Waals surface area contributed by atoms with E-state index in [0.29, 0.717) is 24.1 Å². The van der Waals surface area contributed by atoms with Crippen LogP contribution < -0.4 is 5.32 Å². The first-order valence-electron chi connectivity index (χ1n) is 7.60. The molecule has 0 aromatic carbocycles. The van der Waals surface area contributed by atoms with E-state index in [9.17, 15) is 10.1 Å². The van der Waals surface area contributed by atoms with E-state index < -0.39 is 0 Å². The lowest BCUT2D eigenvalue weighted by Crippen LogP contribution is -2.16. The van der Waals surface area contributed by atoms with Crippen LogP contribution in [0.15, 0.2) is 0 Å². The van der Waals surface area contributed by atoms with Crippen LogP contribution in [-0.2, 0) is 6.54 Å². The van der Waals surface area contributed by atoms with Crippen molar-refractivity contribution in [1.29, 1.82) is 0 Å². The summed E-state index contributed by atoms with van der Waals surface area (Å²) in [4.78, 5) is 11.0. The average molecular weight is 276 g/mol. The molecule has 0 radical (unpaired) electrons. The Morgan fingerprint density at radius 2 is 2.05 bits per heavy atom. The summed E-state index contributed by atoms with van der Waals surface area (Å²) < 4.78 is 1.74. The summed E-state index contributed by atoms with van der Waals surface area (Å²) in [5, 5.41) is 19.0. The lowest BCUT2D eigenvalue weighted by atomic mass is 10.0. The molecule has 4 atom stereocenters. The lowest BCUT2D eigenvalue weighted by molar-refractivity contribution is -0.384. The van der Waals surface area contributed by atoms with Gasteiger partial charge in [0.15, 0.2) is 0 Å². The van der Waals surface area contributed by atoms with E-state index in [1.54, 1.807) is 11.6 Å². The largest absolute Gasteiger partial charge is 0.361 e. The van der Waals surface area contributed by atoms with Crippen LogP contribution in [0.25, 0.3) is 0 Å². The van der Waals surface area contributed by atoms with Gasteiger partial charge in [0, 0.05) is 12.6 Å². The number of hydrogen-bond acceptors (Lipinski definition) is 4. The first-order valence-corrected chi connectivity index (χ1v) is 7.60. The highest BCUT2D eigenvalue weighted by Gasteiger charge is 2.65. The van der Waals surface area contributed by atoms with E-state index in [0.717, 1.165) is 23.7 Å². The van der Waals surface area contributed by atoms with Gasteiger partial charge < -0.3 is 5.32 Å². The number of rotatable bonds is 4. The number of aryl methyl sites for hydroxylation is 2. The standard InChI is InChI=1S/C14H20N4O2/c1-3-17-14(13(18(19)20)7(2)16-17)15-12-10-8-4-5-9(6-8)11(10)12/h8-12,15H,3-6H2,1-2H3. The highest BCUT2D eigenvalue weighted by atomic mass is 16.6. The fraction of sp³-hybridized carbons (Fsp3) is 0.786. The summed E-state index contributed by atoms with van der Waals surface area (Å²) in [5.74, 6) is 3.86. The second-order valence-electron chi connectivity index (χ2n) is 6.51. The summed E-state index contributed by atoms with van der Waals surface area (Å²) in [7, 11) is 0. The van der Waals surface area contributed by atoms with Crippen molar-refractivity contribution in [1.82, 2.24) is 9.78 Å².